The van der Waals surface area contributed by atoms with E-state index in [9.17, 15) is 10.1 Å². The number of hydrogen-bond donors (Lipinski definition) is 1. The molecule has 2 N–H and O–H groups in total. The molecule has 5 aliphatic carbocycles. The van der Waals surface area contributed by atoms with Gasteiger partial charge in [0.2, 0.25) is 5.91 Å². The number of likely N-dealkylation sites (tertiary alicyclic amines) is 1. The Morgan fingerprint density at radius 2 is 1.91 bits per heavy atom. The molecular weight excluding hydrogens is 310 g/mol. The van der Waals surface area contributed by atoms with Gasteiger partial charge < -0.3 is 10.6 Å². The van der Waals surface area contributed by atoms with E-state index in [4.69, 9.17) is 17.3 Å². The van der Waals surface area contributed by atoms with Crippen molar-refractivity contribution in [1.29, 1.82) is 5.26 Å². The highest BCUT2D eigenvalue weighted by molar-refractivity contribution is 6.24. The minimum absolute atomic E-state index is 0.0313. The van der Waals surface area contributed by atoms with Gasteiger partial charge in [-0.05, 0) is 74.5 Å². The molecule has 23 heavy (non-hydrogen) atoms. The summed E-state index contributed by atoms with van der Waals surface area (Å²) < 4.78 is 0. The van der Waals surface area contributed by atoms with E-state index in [-0.39, 0.29) is 28.3 Å². The second-order valence-corrected chi connectivity index (χ2v) is 9.94. The molecule has 6 fully saturated rings. The van der Waals surface area contributed by atoms with E-state index in [0.29, 0.717) is 17.8 Å². The average Bonchev–Trinajstić information content (AvgIpc) is 3.14. The zero-order valence-corrected chi connectivity index (χ0v) is 14.1. The largest absolute Gasteiger partial charge is 0.322 e. The number of nitriles is 1. The van der Waals surface area contributed by atoms with Gasteiger partial charge >= 0.3 is 0 Å². The highest BCUT2D eigenvalue weighted by Crippen LogP contribution is 2.65. The minimum Gasteiger partial charge on any atom is -0.322 e. The summed E-state index contributed by atoms with van der Waals surface area (Å²) >= 11 is 6.89. The van der Waals surface area contributed by atoms with Crippen LogP contribution in [0.4, 0.5) is 0 Å². The number of carbonyl (C=O) groups is 1. The van der Waals surface area contributed by atoms with Crippen molar-refractivity contribution >= 4 is 17.5 Å². The molecule has 1 heterocycles. The molecule has 124 valence electrons. The number of nitrogens with two attached hydrogens (primary N) is 1. The molecule has 1 amide bonds. The highest BCUT2D eigenvalue weighted by Gasteiger charge is 2.62. The van der Waals surface area contributed by atoms with Crippen LogP contribution < -0.4 is 5.73 Å². The molecule has 4 bridgehead atoms. The van der Waals surface area contributed by atoms with E-state index in [1.165, 1.54) is 6.42 Å². The summed E-state index contributed by atoms with van der Waals surface area (Å²) in [4.78, 5) is 14.9. The summed E-state index contributed by atoms with van der Waals surface area (Å²) in [5, 5.41) is 9.37. The van der Waals surface area contributed by atoms with Crippen LogP contribution in [0.1, 0.15) is 51.4 Å². The molecule has 6 rings (SSSR count). The first-order valence-corrected chi connectivity index (χ1v) is 9.47. The van der Waals surface area contributed by atoms with Crippen LogP contribution in [0.15, 0.2) is 0 Å². The first-order valence-electron chi connectivity index (χ1n) is 9.09. The maximum atomic E-state index is 13.2. The molecule has 6 atom stereocenters. The van der Waals surface area contributed by atoms with Gasteiger partial charge in [0.25, 0.3) is 0 Å². The normalized spacial score (nSPS) is 53.8. The highest BCUT2D eigenvalue weighted by atomic mass is 35.5. The molecule has 5 heteroatoms. The van der Waals surface area contributed by atoms with Crippen molar-refractivity contribution in [3.8, 4) is 6.07 Å². The van der Waals surface area contributed by atoms with Crippen LogP contribution in [0, 0.1) is 34.5 Å². The molecule has 0 spiro atoms. The standard InChI is InChI=1S/C18H24ClN3O/c19-18-6-10-1-11(7-18)5-17(4-10,9-18)15(21)16(23)22-13(8-20)2-12-3-14(12)22/h10-15H,1-7,9,21H2/t10?,11?,12-,13+,14+,15-,17?,18?/m1/s1. The van der Waals surface area contributed by atoms with Gasteiger partial charge in [-0.1, -0.05) is 0 Å². The zero-order valence-electron chi connectivity index (χ0n) is 13.4. The molecule has 0 aromatic heterocycles. The van der Waals surface area contributed by atoms with Gasteiger partial charge in [-0.25, -0.2) is 0 Å². The van der Waals surface area contributed by atoms with Gasteiger partial charge in [-0.2, -0.15) is 5.26 Å². The number of fused-ring (bicyclic) bond motifs is 1. The molecule has 0 radical (unpaired) electrons. The topological polar surface area (TPSA) is 70.1 Å². The lowest BCUT2D eigenvalue weighted by molar-refractivity contribution is -0.143. The lowest BCUT2D eigenvalue weighted by Crippen LogP contribution is -2.63. The number of nitrogens with zero attached hydrogens (tertiary/aromatic N) is 2. The second kappa shape index (κ2) is 4.43. The minimum atomic E-state index is -0.471. The predicted octanol–water partition coefficient (Wildman–Crippen LogP) is 2.40. The van der Waals surface area contributed by atoms with E-state index in [1.54, 1.807) is 0 Å². The number of alkyl halides is 1. The first-order chi connectivity index (χ1) is 10.9. The SMILES string of the molecule is N#C[C@@H]1C[C@@H]2C[C@@H]2N1C(=O)[C@@H](N)C12CC3CC(CC(Cl)(C3)C1)C2. The summed E-state index contributed by atoms with van der Waals surface area (Å²) in [7, 11) is 0. The zero-order chi connectivity index (χ0) is 16.0. The third kappa shape index (κ3) is 1.96. The number of piperidine rings is 1. The van der Waals surface area contributed by atoms with Crippen LogP contribution in [0.3, 0.4) is 0 Å². The number of halogens is 1. The van der Waals surface area contributed by atoms with Crippen LogP contribution >= 0.6 is 11.6 Å². The smallest absolute Gasteiger partial charge is 0.241 e. The third-order valence-electron chi connectivity index (χ3n) is 7.47. The Labute approximate surface area is 142 Å². The van der Waals surface area contributed by atoms with Crippen molar-refractivity contribution < 1.29 is 4.79 Å². The number of amides is 1. The van der Waals surface area contributed by atoms with Crippen LogP contribution in [-0.4, -0.2) is 33.8 Å². The number of hydrogen-bond acceptors (Lipinski definition) is 3. The molecule has 0 aromatic rings. The quantitative estimate of drug-likeness (QED) is 0.789. The summed E-state index contributed by atoms with van der Waals surface area (Å²) in [6.07, 6.45) is 8.39. The van der Waals surface area contributed by atoms with Crippen molar-refractivity contribution in [3.05, 3.63) is 0 Å². The van der Waals surface area contributed by atoms with Crippen molar-refractivity contribution in [2.45, 2.75) is 74.4 Å². The molecule has 2 unspecified atom stereocenters. The second-order valence-electron chi connectivity index (χ2n) is 9.14. The monoisotopic (exact) mass is 333 g/mol. The molecule has 1 saturated heterocycles. The van der Waals surface area contributed by atoms with Gasteiger partial charge in [0.05, 0.1) is 12.1 Å². The lowest BCUT2D eigenvalue weighted by Gasteiger charge is -2.61. The van der Waals surface area contributed by atoms with Gasteiger partial charge in [0, 0.05) is 10.9 Å². The van der Waals surface area contributed by atoms with Gasteiger partial charge in [-0.3, -0.25) is 4.79 Å². The molecule has 5 saturated carbocycles. The Kier molecular flexibility index (Phi) is 2.80. The summed E-state index contributed by atoms with van der Waals surface area (Å²) in [5.41, 5.74) is 6.48. The van der Waals surface area contributed by atoms with Crippen LogP contribution in [-0.2, 0) is 4.79 Å². The molecule has 1 aliphatic heterocycles. The van der Waals surface area contributed by atoms with Crippen molar-refractivity contribution in [3.63, 3.8) is 0 Å². The lowest BCUT2D eigenvalue weighted by atomic mass is 9.47. The first kappa shape index (κ1) is 14.5. The Morgan fingerprint density at radius 1 is 1.22 bits per heavy atom. The Balaban J connectivity index is 1.43. The number of rotatable bonds is 2. The Bertz CT molecular complexity index is 600. The van der Waals surface area contributed by atoms with Gasteiger partial charge in [0.1, 0.15) is 6.04 Å². The maximum Gasteiger partial charge on any atom is 0.241 e. The van der Waals surface area contributed by atoms with Gasteiger partial charge in [-0.15, -0.1) is 11.6 Å². The fourth-order valence-corrected chi connectivity index (χ4v) is 7.60. The summed E-state index contributed by atoms with van der Waals surface area (Å²) in [6, 6.07) is 1.88. The number of carbonyl (C=O) groups excluding carboxylic acids is 1. The van der Waals surface area contributed by atoms with Crippen LogP contribution in [0.5, 0.6) is 0 Å². The fraction of sp³-hybridized carbons (Fsp3) is 0.889. The predicted molar refractivity (Wildman–Crippen MR) is 86.4 cm³/mol. The van der Waals surface area contributed by atoms with Gasteiger partial charge in [0.15, 0.2) is 0 Å². The van der Waals surface area contributed by atoms with Crippen molar-refractivity contribution in [2.75, 3.05) is 0 Å². The van der Waals surface area contributed by atoms with E-state index in [2.05, 4.69) is 6.07 Å². The van der Waals surface area contributed by atoms with Crippen molar-refractivity contribution in [1.82, 2.24) is 4.90 Å². The van der Waals surface area contributed by atoms with E-state index in [0.717, 1.165) is 44.9 Å². The summed E-state index contributed by atoms with van der Waals surface area (Å²) in [5.74, 6) is 1.87. The van der Waals surface area contributed by atoms with E-state index < -0.39 is 6.04 Å². The van der Waals surface area contributed by atoms with E-state index >= 15 is 0 Å². The Morgan fingerprint density at radius 3 is 2.52 bits per heavy atom. The molecule has 0 aromatic carbocycles. The Hall–Kier alpha value is -0.790. The molecule has 4 nitrogen and oxygen atoms in total. The molecule has 6 aliphatic rings. The average molecular weight is 334 g/mol. The van der Waals surface area contributed by atoms with Crippen molar-refractivity contribution in [2.24, 2.45) is 28.9 Å². The van der Waals surface area contributed by atoms with Crippen LogP contribution in [0.2, 0.25) is 0 Å². The molecular formula is C18H24ClN3O. The fourth-order valence-electron chi connectivity index (χ4n) is 6.90. The maximum absolute atomic E-state index is 13.2. The third-order valence-corrected chi connectivity index (χ3v) is 7.91. The summed E-state index contributed by atoms with van der Waals surface area (Å²) in [6.45, 7) is 0. The van der Waals surface area contributed by atoms with E-state index in [1.807, 2.05) is 4.90 Å². The van der Waals surface area contributed by atoms with Crippen LogP contribution in [0.25, 0.3) is 0 Å².